The van der Waals surface area contributed by atoms with Gasteiger partial charge in [0.2, 0.25) is 0 Å². The second-order valence-electron chi connectivity index (χ2n) is 8.96. The lowest BCUT2D eigenvalue weighted by molar-refractivity contribution is 0.475. The number of nitrogen functional groups attached to an aromatic ring is 4. The van der Waals surface area contributed by atoms with Crippen molar-refractivity contribution in [3.8, 4) is 0 Å². The molecule has 0 atom stereocenters. The molecule has 0 radical (unpaired) electrons. The van der Waals surface area contributed by atoms with E-state index >= 15 is 0 Å². The van der Waals surface area contributed by atoms with Gasteiger partial charge in [-0.2, -0.15) is 0 Å². The van der Waals surface area contributed by atoms with Crippen molar-refractivity contribution in [2.24, 2.45) is 0 Å². The molecular formula is C24H40N4. The predicted molar refractivity (Wildman–Crippen MR) is 126 cm³/mol. The lowest BCUT2D eigenvalue weighted by atomic mass is 9.79. The SMILES string of the molecule is CCCC(C)(C)c1cc(N)ccc1N.CCCC(C)(C)c1cc(N)ccc1N. The van der Waals surface area contributed by atoms with Crippen LogP contribution in [-0.4, -0.2) is 0 Å². The summed E-state index contributed by atoms with van der Waals surface area (Å²) in [6, 6.07) is 11.5. The number of rotatable bonds is 6. The molecular weight excluding hydrogens is 344 g/mol. The molecule has 0 aliphatic carbocycles. The third kappa shape index (κ3) is 6.36. The minimum Gasteiger partial charge on any atom is -0.399 e. The first-order valence-corrected chi connectivity index (χ1v) is 10.3. The van der Waals surface area contributed by atoms with Crippen molar-refractivity contribution < 1.29 is 0 Å². The van der Waals surface area contributed by atoms with Crippen LogP contribution in [0.4, 0.5) is 22.7 Å². The lowest BCUT2D eigenvalue weighted by Gasteiger charge is -2.26. The van der Waals surface area contributed by atoms with Crippen LogP contribution in [0, 0.1) is 0 Å². The Morgan fingerprint density at radius 2 is 0.929 bits per heavy atom. The first kappa shape index (κ1) is 23.7. The molecule has 2 rings (SSSR count). The molecule has 0 aromatic heterocycles. The lowest BCUT2D eigenvalue weighted by Crippen LogP contribution is -2.18. The molecule has 0 amide bonds. The average Bonchev–Trinajstić information content (AvgIpc) is 2.59. The summed E-state index contributed by atoms with van der Waals surface area (Å²) in [6.07, 6.45) is 4.56. The van der Waals surface area contributed by atoms with E-state index in [0.717, 1.165) is 48.4 Å². The summed E-state index contributed by atoms with van der Waals surface area (Å²) in [5.41, 5.74) is 29.3. The van der Waals surface area contributed by atoms with Gasteiger partial charge in [-0.15, -0.1) is 0 Å². The van der Waals surface area contributed by atoms with E-state index in [1.54, 1.807) is 0 Å². The summed E-state index contributed by atoms with van der Waals surface area (Å²) in [4.78, 5) is 0. The van der Waals surface area contributed by atoms with Gasteiger partial charge >= 0.3 is 0 Å². The predicted octanol–water partition coefficient (Wildman–Crippen LogP) is 5.86. The van der Waals surface area contributed by atoms with Gasteiger partial charge in [0, 0.05) is 22.7 Å². The molecule has 28 heavy (non-hydrogen) atoms. The molecule has 0 fully saturated rings. The van der Waals surface area contributed by atoms with Crippen molar-refractivity contribution in [2.45, 2.75) is 78.1 Å². The molecule has 8 N–H and O–H groups in total. The first-order chi connectivity index (χ1) is 12.9. The molecule has 0 heterocycles. The Balaban J connectivity index is 0.000000280. The smallest absolute Gasteiger partial charge is 0.0353 e. The number of benzene rings is 2. The van der Waals surface area contributed by atoms with Crippen LogP contribution in [-0.2, 0) is 10.8 Å². The van der Waals surface area contributed by atoms with Crippen LogP contribution in [0.5, 0.6) is 0 Å². The molecule has 0 aliphatic rings. The van der Waals surface area contributed by atoms with Crippen molar-refractivity contribution in [1.29, 1.82) is 0 Å². The zero-order chi connectivity index (χ0) is 21.5. The Labute approximate surface area is 171 Å². The highest BCUT2D eigenvalue weighted by Crippen LogP contribution is 2.34. The normalized spacial score (nSPS) is 11.6. The van der Waals surface area contributed by atoms with Gasteiger partial charge in [-0.1, -0.05) is 54.4 Å². The van der Waals surface area contributed by atoms with E-state index in [1.165, 1.54) is 11.1 Å². The second kappa shape index (κ2) is 9.72. The molecule has 2 aromatic carbocycles. The topological polar surface area (TPSA) is 104 Å². The summed E-state index contributed by atoms with van der Waals surface area (Å²) in [5, 5.41) is 0. The Hall–Kier alpha value is -2.36. The largest absolute Gasteiger partial charge is 0.399 e. The Morgan fingerprint density at radius 1 is 0.607 bits per heavy atom. The molecule has 0 spiro atoms. The van der Waals surface area contributed by atoms with Gasteiger partial charge in [0.25, 0.3) is 0 Å². The Morgan fingerprint density at radius 3 is 1.21 bits per heavy atom. The van der Waals surface area contributed by atoms with E-state index in [0.29, 0.717) is 0 Å². The maximum atomic E-state index is 5.95. The number of hydrogen-bond acceptors (Lipinski definition) is 4. The van der Waals surface area contributed by atoms with E-state index in [1.807, 2.05) is 36.4 Å². The molecule has 0 unspecified atom stereocenters. The summed E-state index contributed by atoms with van der Waals surface area (Å²) in [5.74, 6) is 0. The van der Waals surface area contributed by atoms with Gasteiger partial charge in [-0.3, -0.25) is 0 Å². The third-order valence-electron chi connectivity index (χ3n) is 5.36. The van der Waals surface area contributed by atoms with Gasteiger partial charge < -0.3 is 22.9 Å². The number of hydrogen-bond donors (Lipinski definition) is 4. The van der Waals surface area contributed by atoms with Gasteiger partial charge in [0.05, 0.1) is 0 Å². The quantitative estimate of drug-likeness (QED) is 0.468. The molecule has 156 valence electrons. The first-order valence-electron chi connectivity index (χ1n) is 10.3. The molecule has 4 nitrogen and oxygen atoms in total. The van der Waals surface area contributed by atoms with Crippen molar-refractivity contribution >= 4 is 22.7 Å². The van der Waals surface area contributed by atoms with Gasteiger partial charge in [0.15, 0.2) is 0 Å². The van der Waals surface area contributed by atoms with Crippen LogP contribution >= 0.6 is 0 Å². The van der Waals surface area contributed by atoms with Crippen LogP contribution in [0.25, 0.3) is 0 Å². The minimum absolute atomic E-state index is 0.119. The molecule has 0 saturated carbocycles. The van der Waals surface area contributed by atoms with Gasteiger partial charge in [0.1, 0.15) is 0 Å². The molecule has 0 saturated heterocycles. The van der Waals surface area contributed by atoms with Gasteiger partial charge in [-0.05, 0) is 71.2 Å². The Bertz CT molecular complexity index is 698. The van der Waals surface area contributed by atoms with Crippen LogP contribution in [0.2, 0.25) is 0 Å². The van der Waals surface area contributed by atoms with Crippen LogP contribution in [0.3, 0.4) is 0 Å². The standard InChI is InChI=1S/2C12H20N2/c2*1-4-7-12(2,3)10-8-9(13)5-6-11(10)14/h2*5-6,8H,4,7,13-14H2,1-3H3. The third-order valence-corrected chi connectivity index (χ3v) is 5.36. The maximum Gasteiger partial charge on any atom is 0.0353 e. The molecule has 0 bridgehead atoms. The van der Waals surface area contributed by atoms with Crippen molar-refractivity contribution in [3.05, 3.63) is 47.5 Å². The average molecular weight is 385 g/mol. The highest BCUT2D eigenvalue weighted by Gasteiger charge is 2.22. The van der Waals surface area contributed by atoms with E-state index in [4.69, 9.17) is 22.9 Å². The summed E-state index contributed by atoms with van der Waals surface area (Å²) >= 11 is 0. The van der Waals surface area contributed by atoms with Crippen LogP contribution in [0.1, 0.15) is 78.4 Å². The van der Waals surface area contributed by atoms with E-state index in [-0.39, 0.29) is 10.8 Å². The van der Waals surface area contributed by atoms with Crippen LogP contribution in [0.15, 0.2) is 36.4 Å². The fourth-order valence-electron chi connectivity index (χ4n) is 3.84. The summed E-state index contributed by atoms with van der Waals surface area (Å²) in [7, 11) is 0. The number of nitrogens with two attached hydrogens (primary N) is 4. The Kier molecular flexibility index (Phi) is 8.22. The maximum absolute atomic E-state index is 5.95. The highest BCUT2D eigenvalue weighted by molar-refractivity contribution is 5.58. The van der Waals surface area contributed by atoms with Crippen LogP contribution < -0.4 is 22.9 Å². The minimum atomic E-state index is 0.119. The van der Waals surface area contributed by atoms with Crippen molar-refractivity contribution in [2.75, 3.05) is 22.9 Å². The molecule has 4 heteroatoms. The van der Waals surface area contributed by atoms with E-state index in [9.17, 15) is 0 Å². The zero-order valence-corrected chi connectivity index (χ0v) is 18.6. The summed E-state index contributed by atoms with van der Waals surface area (Å²) in [6.45, 7) is 13.2. The zero-order valence-electron chi connectivity index (χ0n) is 18.6. The highest BCUT2D eigenvalue weighted by atomic mass is 14.6. The fourth-order valence-corrected chi connectivity index (χ4v) is 3.84. The fraction of sp³-hybridized carbons (Fsp3) is 0.500. The van der Waals surface area contributed by atoms with Gasteiger partial charge in [-0.25, -0.2) is 0 Å². The van der Waals surface area contributed by atoms with E-state index in [2.05, 4.69) is 41.5 Å². The molecule has 2 aromatic rings. The monoisotopic (exact) mass is 384 g/mol. The molecule has 0 aliphatic heterocycles. The van der Waals surface area contributed by atoms with E-state index < -0.39 is 0 Å². The summed E-state index contributed by atoms with van der Waals surface area (Å²) < 4.78 is 0. The van der Waals surface area contributed by atoms with Crippen molar-refractivity contribution in [3.63, 3.8) is 0 Å². The number of anilines is 4. The second-order valence-corrected chi connectivity index (χ2v) is 8.96. The van der Waals surface area contributed by atoms with Crippen molar-refractivity contribution in [1.82, 2.24) is 0 Å².